The molecule has 1 aromatic heterocycles. The van der Waals surface area contributed by atoms with Crippen LogP contribution in [0, 0.1) is 0 Å². The van der Waals surface area contributed by atoms with Crippen molar-refractivity contribution in [1.82, 2.24) is 15.3 Å². The van der Waals surface area contributed by atoms with Gasteiger partial charge in [-0.2, -0.15) is 0 Å². The summed E-state index contributed by atoms with van der Waals surface area (Å²) >= 11 is 0. The van der Waals surface area contributed by atoms with Gasteiger partial charge in [0.2, 0.25) is 0 Å². The molecule has 17 heavy (non-hydrogen) atoms. The molecule has 0 bridgehead atoms. The molecule has 1 fully saturated rings. The number of piperidine rings is 1. The molecule has 4 heteroatoms. The first-order valence-corrected chi connectivity index (χ1v) is 6.58. The highest BCUT2D eigenvalue weighted by Gasteiger charge is 2.18. The fourth-order valence-corrected chi connectivity index (χ4v) is 2.34. The van der Waals surface area contributed by atoms with E-state index in [9.17, 15) is 0 Å². The second-order valence-electron chi connectivity index (χ2n) is 4.87. The molecule has 0 aliphatic carbocycles. The molecule has 2 N–H and O–H groups in total. The highest BCUT2D eigenvalue weighted by atomic mass is 15.1. The molecule has 2 heterocycles. The van der Waals surface area contributed by atoms with Crippen molar-refractivity contribution in [2.24, 2.45) is 0 Å². The molecule has 2 atom stereocenters. The number of hydrogen-bond acceptors (Lipinski definition) is 4. The summed E-state index contributed by atoms with van der Waals surface area (Å²) in [5, 5.41) is 6.98. The van der Waals surface area contributed by atoms with Gasteiger partial charge in [0.15, 0.2) is 0 Å². The van der Waals surface area contributed by atoms with Crippen molar-refractivity contribution in [2.75, 3.05) is 11.9 Å². The maximum atomic E-state index is 4.30. The molecule has 1 aliphatic heterocycles. The Balaban J connectivity index is 1.95. The van der Waals surface area contributed by atoms with Crippen LogP contribution in [-0.4, -0.2) is 28.6 Å². The van der Waals surface area contributed by atoms with Crippen LogP contribution in [0.15, 0.2) is 12.4 Å². The third-order valence-corrected chi connectivity index (χ3v) is 3.21. The van der Waals surface area contributed by atoms with E-state index in [1.54, 1.807) is 6.33 Å². The lowest BCUT2D eigenvalue weighted by atomic mass is 10.0. The van der Waals surface area contributed by atoms with E-state index in [-0.39, 0.29) is 0 Å². The number of rotatable bonds is 4. The molecule has 94 valence electrons. The van der Waals surface area contributed by atoms with Gasteiger partial charge in [-0.1, -0.05) is 13.3 Å². The normalized spacial score (nSPS) is 24.6. The van der Waals surface area contributed by atoms with Crippen LogP contribution in [0.1, 0.15) is 38.8 Å². The monoisotopic (exact) mass is 234 g/mol. The Morgan fingerprint density at radius 2 is 2.35 bits per heavy atom. The van der Waals surface area contributed by atoms with E-state index in [0.717, 1.165) is 43.7 Å². The van der Waals surface area contributed by atoms with Crippen LogP contribution in [0.5, 0.6) is 0 Å². The van der Waals surface area contributed by atoms with Crippen molar-refractivity contribution < 1.29 is 0 Å². The lowest BCUT2D eigenvalue weighted by Crippen LogP contribution is -2.41. The Hall–Kier alpha value is -1.16. The number of hydrogen-bond donors (Lipinski definition) is 2. The quantitative estimate of drug-likeness (QED) is 0.836. The van der Waals surface area contributed by atoms with Gasteiger partial charge in [0.05, 0.1) is 0 Å². The highest BCUT2D eigenvalue weighted by Crippen LogP contribution is 2.14. The molecule has 1 aliphatic rings. The average molecular weight is 234 g/mol. The first-order chi connectivity index (χ1) is 8.28. The zero-order valence-electron chi connectivity index (χ0n) is 10.7. The first kappa shape index (κ1) is 12.3. The van der Waals surface area contributed by atoms with Gasteiger partial charge in [-0.25, -0.2) is 9.97 Å². The van der Waals surface area contributed by atoms with Gasteiger partial charge >= 0.3 is 0 Å². The zero-order chi connectivity index (χ0) is 12.1. The van der Waals surface area contributed by atoms with E-state index in [2.05, 4.69) is 40.5 Å². The molecule has 1 saturated heterocycles. The van der Waals surface area contributed by atoms with E-state index in [1.807, 2.05) is 0 Å². The standard InChI is InChI=1S/C13H22N4/c1-3-4-11-8-13(16-9-15-11)17-12-5-6-14-10(2)7-12/h8-10,12,14H,3-7H2,1-2H3,(H,15,16,17). The predicted molar refractivity (Wildman–Crippen MR) is 70.1 cm³/mol. The lowest BCUT2D eigenvalue weighted by molar-refractivity contribution is 0.396. The summed E-state index contributed by atoms with van der Waals surface area (Å²) in [6.45, 7) is 5.49. The SMILES string of the molecule is CCCc1cc(NC2CCNC(C)C2)ncn1. The zero-order valence-corrected chi connectivity index (χ0v) is 10.7. The summed E-state index contributed by atoms with van der Waals surface area (Å²) in [6.07, 6.45) is 6.14. The Kier molecular flexibility index (Phi) is 4.31. The predicted octanol–water partition coefficient (Wildman–Crippen LogP) is 1.98. The molecular weight excluding hydrogens is 212 g/mol. The fraction of sp³-hybridized carbons (Fsp3) is 0.692. The van der Waals surface area contributed by atoms with Gasteiger partial charge in [-0.15, -0.1) is 0 Å². The average Bonchev–Trinajstić information content (AvgIpc) is 2.30. The molecule has 2 unspecified atom stereocenters. The van der Waals surface area contributed by atoms with Crippen molar-refractivity contribution in [3.8, 4) is 0 Å². The molecular formula is C13H22N4. The Bertz CT molecular complexity index is 353. The van der Waals surface area contributed by atoms with Gasteiger partial charge in [-0.3, -0.25) is 0 Å². The summed E-state index contributed by atoms with van der Waals surface area (Å²) in [7, 11) is 0. The van der Waals surface area contributed by atoms with Crippen LogP contribution in [-0.2, 0) is 6.42 Å². The van der Waals surface area contributed by atoms with E-state index in [0.29, 0.717) is 12.1 Å². The minimum atomic E-state index is 0.538. The van der Waals surface area contributed by atoms with Crippen LogP contribution >= 0.6 is 0 Å². The van der Waals surface area contributed by atoms with Crippen molar-refractivity contribution in [2.45, 2.75) is 51.6 Å². The van der Waals surface area contributed by atoms with Gasteiger partial charge in [-0.05, 0) is 32.7 Å². The van der Waals surface area contributed by atoms with Gasteiger partial charge in [0, 0.05) is 23.8 Å². The summed E-state index contributed by atoms with van der Waals surface area (Å²) < 4.78 is 0. The smallest absolute Gasteiger partial charge is 0.129 e. The van der Waals surface area contributed by atoms with E-state index in [4.69, 9.17) is 0 Å². The minimum absolute atomic E-state index is 0.538. The maximum Gasteiger partial charge on any atom is 0.129 e. The second-order valence-corrected chi connectivity index (χ2v) is 4.87. The Morgan fingerprint density at radius 1 is 1.47 bits per heavy atom. The molecule has 0 spiro atoms. The largest absolute Gasteiger partial charge is 0.367 e. The van der Waals surface area contributed by atoms with Crippen LogP contribution in [0.4, 0.5) is 5.82 Å². The number of anilines is 1. The number of aryl methyl sites for hydroxylation is 1. The minimum Gasteiger partial charge on any atom is -0.367 e. The molecule has 0 amide bonds. The summed E-state index contributed by atoms with van der Waals surface area (Å²) in [6, 6.07) is 3.21. The molecule has 2 rings (SSSR count). The van der Waals surface area contributed by atoms with Crippen LogP contribution in [0.3, 0.4) is 0 Å². The Labute approximate surface area is 103 Å². The van der Waals surface area contributed by atoms with Crippen LogP contribution < -0.4 is 10.6 Å². The molecule has 4 nitrogen and oxygen atoms in total. The number of nitrogens with zero attached hydrogens (tertiary/aromatic N) is 2. The first-order valence-electron chi connectivity index (χ1n) is 6.58. The summed E-state index contributed by atoms with van der Waals surface area (Å²) in [5.74, 6) is 0.975. The Morgan fingerprint density at radius 3 is 3.12 bits per heavy atom. The van der Waals surface area contributed by atoms with Gasteiger partial charge in [0.1, 0.15) is 12.1 Å². The highest BCUT2D eigenvalue weighted by molar-refractivity contribution is 5.36. The third kappa shape index (κ3) is 3.66. The third-order valence-electron chi connectivity index (χ3n) is 3.21. The van der Waals surface area contributed by atoms with Gasteiger partial charge < -0.3 is 10.6 Å². The van der Waals surface area contributed by atoms with Crippen molar-refractivity contribution in [3.63, 3.8) is 0 Å². The molecule has 0 aromatic carbocycles. The van der Waals surface area contributed by atoms with Crippen molar-refractivity contribution >= 4 is 5.82 Å². The molecule has 0 saturated carbocycles. The van der Waals surface area contributed by atoms with Crippen molar-refractivity contribution in [1.29, 1.82) is 0 Å². The molecule has 1 aromatic rings. The maximum absolute atomic E-state index is 4.30. The van der Waals surface area contributed by atoms with Crippen molar-refractivity contribution in [3.05, 3.63) is 18.1 Å². The fourth-order valence-electron chi connectivity index (χ4n) is 2.34. The number of nitrogens with one attached hydrogen (secondary N) is 2. The van der Waals surface area contributed by atoms with Gasteiger partial charge in [0.25, 0.3) is 0 Å². The number of aromatic nitrogens is 2. The summed E-state index contributed by atoms with van der Waals surface area (Å²) in [4.78, 5) is 8.57. The van der Waals surface area contributed by atoms with E-state index in [1.165, 1.54) is 0 Å². The van der Waals surface area contributed by atoms with Crippen LogP contribution in [0.2, 0.25) is 0 Å². The second kappa shape index (κ2) is 5.96. The van der Waals surface area contributed by atoms with Crippen LogP contribution in [0.25, 0.3) is 0 Å². The molecule has 0 radical (unpaired) electrons. The lowest BCUT2D eigenvalue weighted by Gasteiger charge is -2.29. The van der Waals surface area contributed by atoms with E-state index >= 15 is 0 Å². The topological polar surface area (TPSA) is 49.8 Å². The summed E-state index contributed by atoms with van der Waals surface area (Å²) in [5.41, 5.74) is 1.13. The van der Waals surface area contributed by atoms with E-state index < -0.39 is 0 Å².